The zero-order chi connectivity index (χ0) is 11.3. The summed E-state index contributed by atoms with van der Waals surface area (Å²) in [6.45, 7) is 0.647. The van der Waals surface area contributed by atoms with Gasteiger partial charge in [-0.15, -0.1) is 0 Å². The molecule has 1 fully saturated rings. The van der Waals surface area contributed by atoms with Gasteiger partial charge in [0, 0.05) is 18.8 Å². The Hall–Kier alpha value is -1.14. The molecule has 0 aliphatic carbocycles. The van der Waals surface area contributed by atoms with E-state index in [4.69, 9.17) is 27.3 Å². The van der Waals surface area contributed by atoms with Crippen molar-refractivity contribution in [2.24, 2.45) is 22.2 Å². The predicted octanol–water partition coefficient (Wildman–Crippen LogP) is -0.826. The molecule has 0 saturated carbocycles. The van der Waals surface area contributed by atoms with E-state index in [1.807, 2.05) is 0 Å². The fourth-order valence-electron chi connectivity index (χ4n) is 1.48. The zero-order valence-corrected chi connectivity index (χ0v) is 8.73. The molecule has 3 atom stereocenters. The standard InChI is InChI=1S/C9H19N5O/c10-5-7-8(15-7)6(11)3-1-2-4-14-9(12)13/h5-8,10H,1-4,11H2,(H4,12,13,14). The lowest BCUT2D eigenvalue weighted by Gasteiger charge is -2.06. The van der Waals surface area contributed by atoms with E-state index in [1.165, 1.54) is 6.21 Å². The Morgan fingerprint density at radius 2 is 2.20 bits per heavy atom. The summed E-state index contributed by atoms with van der Waals surface area (Å²) in [7, 11) is 0. The van der Waals surface area contributed by atoms with Crippen molar-refractivity contribution in [1.29, 1.82) is 5.41 Å². The van der Waals surface area contributed by atoms with Crippen LogP contribution in [0, 0.1) is 5.41 Å². The van der Waals surface area contributed by atoms with Gasteiger partial charge < -0.3 is 27.3 Å². The van der Waals surface area contributed by atoms with E-state index >= 15 is 0 Å². The summed E-state index contributed by atoms with van der Waals surface area (Å²) in [5, 5.41) is 6.98. The molecule has 1 saturated heterocycles. The van der Waals surface area contributed by atoms with Gasteiger partial charge in [-0.1, -0.05) is 0 Å². The summed E-state index contributed by atoms with van der Waals surface area (Å²) in [5.41, 5.74) is 16.2. The fourth-order valence-corrected chi connectivity index (χ4v) is 1.48. The van der Waals surface area contributed by atoms with Crippen LogP contribution >= 0.6 is 0 Å². The van der Waals surface area contributed by atoms with Crippen molar-refractivity contribution in [2.75, 3.05) is 6.54 Å². The van der Waals surface area contributed by atoms with E-state index in [2.05, 4.69) is 4.99 Å². The number of nitrogens with two attached hydrogens (primary N) is 3. The SMILES string of the molecule is N=CC1OC1C(N)CCCCN=C(N)N. The number of nitrogens with zero attached hydrogens (tertiary/aromatic N) is 1. The molecule has 1 aliphatic rings. The highest BCUT2D eigenvalue weighted by atomic mass is 16.6. The average molecular weight is 213 g/mol. The van der Waals surface area contributed by atoms with Gasteiger partial charge in [0.25, 0.3) is 0 Å². The molecule has 15 heavy (non-hydrogen) atoms. The van der Waals surface area contributed by atoms with E-state index in [-0.39, 0.29) is 24.2 Å². The van der Waals surface area contributed by atoms with E-state index in [0.717, 1.165) is 19.3 Å². The summed E-state index contributed by atoms with van der Waals surface area (Å²) >= 11 is 0. The molecule has 7 N–H and O–H groups in total. The highest BCUT2D eigenvalue weighted by Gasteiger charge is 2.41. The van der Waals surface area contributed by atoms with Crippen molar-refractivity contribution in [3.8, 4) is 0 Å². The fraction of sp³-hybridized carbons (Fsp3) is 0.778. The van der Waals surface area contributed by atoms with E-state index in [1.54, 1.807) is 0 Å². The largest absolute Gasteiger partial charge is 0.370 e. The Bertz CT molecular complexity index is 239. The predicted molar refractivity (Wildman–Crippen MR) is 59.9 cm³/mol. The molecule has 0 bridgehead atoms. The molecule has 0 aromatic rings. The second-order valence-corrected chi connectivity index (χ2v) is 3.70. The van der Waals surface area contributed by atoms with Gasteiger partial charge in [0.2, 0.25) is 0 Å². The van der Waals surface area contributed by atoms with Gasteiger partial charge in [-0.3, -0.25) is 4.99 Å². The van der Waals surface area contributed by atoms with Gasteiger partial charge in [0.15, 0.2) is 5.96 Å². The van der Waals surface area contributed by atoms with Crippen LogP contribution in [0.4, 0.5) is 0 Å². The Balaban J connectivity index is 2.01. The molecule has 1 aliphatic heterocycles. The van der Waals surface area contributed by atoms with Gasteiger partial charge in [-0.25, -0.2) is 0 Å². The lowest BCUT2D eigenvalue weighted by Crippen LogP contribution is -2.28. The van der Waals surface area contributed by atoms with Crippen LogP contribution in [0.25, 0.3) is 0 Å². The van der Waals surface area contributed by atoms with E-state index in [9.17, 15) is 0 Å². The van der Waals surface area contributed by atoms with Crippen molar-refractivity contribution in [3.05, 3.63) is 0 Å². The quantitative estimate of drug-likeness (QED) is 0.190. The molecule has 0 aromatic carbocycles. The first-order chi connectivity index (χ1) is 7.15. The molecule has 0 radical (unpaired) electrons. The first-order valence-corrected chi connectivity index (χ1v) is 5.12. The third kappa shape index (κ3) is 4.26. The maximum atomic E-state index is 6.98. The molecule has 0 amide bonds. The molecule has 1 heterocycles. The number of unbranched alkanes of at least 4 members (excludes halogenated alkanes) is 1. The third-order valence-corrected chi connectivity index (χ3v) is 2.39. The Morgan fingerprint density at radius 3 is 2.73 bits per heavy atom. The Kier molecular flexibility index (Phi) is 4.51. The Labute approximate surface area is 89.4 Å². The van der Waals surface area contributed by atoms with E-state index in [0.29, 0.717) is 6.54 Å². The minimum Gasteiger partial charge on any atom is -0.370 e. The molecule has 6 heteroatoms. The van der Waals surface area contributed by atoms with Crippen molar-refractivity contribution in [3.63, 3.8) is 0 Å². The lowest BCUT2D eigenvalue weighted by molar-refractivity contribution is 0.353. The van der Waals surface area contributed by atoms with Crippen LogP contribution in [0.2, 0.25) is 0 Å². The number of rotatable bonds is 7. The molecular weight excluding hydrogens is 194 g/mol. The lowest BCUT2D eigenvalue weighted by atomic mass is 10.1. The number of nitrogens with one attached hydrogen (secondary N) is 1. The van der Waals surface area contributed by atoms with Crippen molar-refractivity contribution in [1.82, 2.24) is 0 Å². The molecule has 3 unspecified atom stereocenters. The number of epoxide rings is 1. The summed E-state index contributed by atoms with van der Waals surface area (Å²) in [4.78, 5) is 3.88. The molecular formula is C9H19N5O. The van der Waals surface area contributed by atoms with Crippen molar-refractivity contribution >= 4 is 12.2 Å². The zero-order valence-electron chi connectivity index (χ0n) is 8.73. The maximum absolute atomic E-state index is 6.98. The highest BCUT2D eigenvalue weighted by Crippen LogP contribution is 2.24. The van der Waals surface area contributed by atoms with Crippen molar-refractivity contribution < 1.29 is 4.74 Å². The van der Waals surface area contributed by atoms with Crippen LogP contribution in [-0.4, -0.2) is 37.0 Å². The normalized spacial score (nSPS) is 25.7. The monoisotopic (exact) mass is 213 g/mol. The first kappa shape index (κ1) is 11.9. The van der Waals surface area contributed by atoms with Gasteiger partial charge in [0.05, 0.1) is 0 Å². The van der Waals surface area contributed by atoms with Gasteiger partial charge >= 0.3 is 0 Å². The van der Waals surface area contributed by atoms with Gasteiger partial charge in [-0.2, -0.15) is 0 Å². The summed E-state index contributed by atoms with van der Waals surface area (Å²) in [6.07, 6.45) is 4.07. The van der Waals surface area contributed by atoms with Gasteiger partial charge in [-0.05, 0) is 19.3 Å². The highest BCUT2D eigenvalue weighted by molar-refractivity contribution is 5.75. The second-order valence-electron chi connectivity index (χ2n) is 3.70. The van der Waals surface area contributed by atoms with Crippen molar-refractivity contribution in [2.45, 2.75) is 37.5 Å². The summed E-state index contributed by atoms with van der Waals surface area (Å²) in [6, 6.07) is 0.0239. The van der Waals surface area contributed by atoms with Crippen LogP contribution in [0.1, 0.15) is 19.3 Å². The summed E-state index contributed by atoms with van der Waals surface area (Å²) in [5.74, 6) is 0.133. The summed E-state index contributed by atoms with van der Waals surface area (Å²) < 4.78 is 5.19. The number of aliphatic imine (C=N–C) groups is 1. The third-order valence-electron chi connectivity index (χ3n) is 2.39. The molecule has 6 nitrogen and oxygen atoms in total. The average Bonchev–Trinajstić information content (AvgIpc) is 2.95. The van der Waals surface area contributed by atoms with Crippen LogP contribution in [0.3, 0.4) is 0 Å². The molecule has 0 aromatic heterocycles. The Morgan fingerprint density at radius 1 is 1.47 bits per heavy atom. The number of hydrogen-bond donors (Lipinski definition) is 4. The molecule has 0 spiro atoms. The molecule has 1 rings (SSSR count). The van der Waals surface area contributed by atoms with Crippen LogP contribution < -0.4 is 17.2 Å². The van der Waals surface area contributed by atoms with Crippen LogP contribution in [0.5, 0.6) is 0 Å². The number of hydrogen-bond acceptors (Lipinski definition) is 4. The first-order valence-electron chi connectivity index (χ1n) is 5.12. The second kappa shape index (κ2) is 5.67. The minimum atomic E-state index is -0.0577. The van der Waals surface area contributed by atoms with Gasteiger partial charge in [0.1, 0.15) is 12.2 Å². The van der Waals surface area contributed by atoms with Crippen LogP contribution in [0.15, 0.2) is 4.99 Å². The van der Waals surface area contributed by atoms with Crippen LogP contribution in [-0.2, 0) is 4.74 Å². The van der Waals surface area contributed by atoms with E-state index < -0.39 is 0 Å². The molecule has 86 valence electrons. The maximum Gasteiger partial charge on any atom is 0.185 e. The number of ether oxygens (including phenoxy) is 1. The smallest absolute Gasteiger partial charge is 0.185 e. The number of guanidine groups is 1. The topological polar surface area (TPSA) is 127 Å². The minimum absolute atomic E-state index is 0.0239.